The first-order valence-electron chi connectivity index (χ1n) is 9.10. The monoisotopic (exact) mass is 380 g/mol. The minimum Gasteiger partial charge on any atom is -0.472 e. The lowest BCUT2D eigenvalue weighted by Gasteiger charge is -2.23. The summed E-state index contributed by atoms with van der Waals surface area (Å²) in [6, 6.07) is 6.10. The van der Waals surface area contributed by atoms with Gasteiger partial charge in [-0.2, -0.15) is 14.0 Å². The molecule has 0 aliphatic carbocycles. The Hall–Kier alpha value is -2.71. The number of fused-ring (bicyclic) bond motifs is 1. The van der Waals surface area contributed by atoms with Crippen molar-refractivity contribution in [3.63, 3.8) is 0 Å². The Balaban J connectivity index is 1.64. The van der Waals surface area contributed by atoms with Gasteiger partial charge >= 0.3 is 0 Å². The van der Waals surface area contributed by atoms with E-state index >= 15 is 0 Å². The molecule has 1 atom stereocenters. The van der Waals surface area contributed by atoms with E-state index in [0.717, 1.165) is 58.5 Å². The first kappa shape index (κ1) is 16.5. The Kier molecular flexibility index (Phi) is 4.14. The summed E-state index contributed by atoms with van der Waals surface area (Å²) in [5.41, 5.74) is 4.88. The molecule has 1 unspecified atom stereocenters. The van der Waals surface area contributed by atoms with Crippen LogP contribution in [0.5, 0.6) is 0 Å². The van der Waals surface area contributed by atoms with Gasteiger partial charge in [-0.05, 0) is 50.0 Å². The van der Waals surface area contributed by atoms with Crippen molar-refractivity contribution < 1.29 is 4.42 Å². The molecule has 0 amide bonds. The van der Waals surface area contributed by atoms with Crippen LogP contribution in [0.1, 0.15) is 30.1 Å². The molecule has 1 fully saturated rings. The average Bonchev–Trinajstić information content (AvgIpc) is 3.43. The largest absolute Gasteiger partial charge is 0.472 e. The minimum absolute atomic E-state index is 0.402. The number of aromatic nitrogens is 4. The topological polar surface area (TPSA) is 80.3 Å². The van der Waals surface area contributed by atoms with E-state index in [-0.39, 0.29) is 0 Å². The van der Waals surface area contributed by atoms with Gasteiger partial charge in [0.25, 0.3) is 0 Å². The van der Waals surface area contributed by atoms with Gasteiger partial charge in [0, 0.05) is 29.7 Å². The van der Waals surface area contributed by atoms with Crippen molar-refractivity contribution in [1.82, 2.24) is 24.3 Å². The van der Waals surface area contributed by atoms with Crippen LogP contribution in [0.15, 0.2) is 41.3 Å². The fourth-order valence-corrected chi connectivity index (χ4v) is 4.22. The molecule has 5 rings (SSSR count). The molecule has 0 spiro atoms. The minimum atomic E-state index is 0.402. The van der Waals surface area contributed by atoms with Gasteiger partial charge in [0.15, 0.2) is 5.65 Å². The maximum absolute atomic E-state index is 5.27. The lowest BCUT2D eigenvalue weighted by Crippen LogP contribution is -2.29. The van der Waals surface area contributed by atoms with E-state index in [2.05, 4.69) is 26.2 Å². The highest BCUT2D eigenvalue weighted by molar-refractivity contribution is 7.10. The number of rotatable bonds is 4. The average molecular weight is 380 g/mol. The summed E-state index contributed by atoms with van der Waals surface area (Å²) in [6.07, 6.45) is 7.56. The van der Waals surface area contributed by atoms with Crippen molar-refractivity contribution in [3.8, 4) is 11.1 Å². The molecule has 4 aromatic heterocycles. The molecule has 2 N–H and O–H groups in total. The third-order valence-corrected chi connectivity index (χ3v) is 5.71. The molecule has 8 heteroatoms. The molecule has 27 heavy (non-hydrogen) atoms. The molecule has 0 saturated carbocycles. The molecule has 7 nitrogen and oxygen atoms in total. The van der Waals surface area contributed by atoms with Gasteiger partial charge in [-0.15, -0.1) is 0 Å². The van der Waals surface area contributed by atoms with Crippen molar-refractivity contribution in [2.24, 2.45) is 0 Å². The number of furan rings is 1. The van der Waals surface area contributed by atoms with E-state index in [4.69, 9.17) is 9.40 Å². The predicted octanol–water partition coefficient (Wildman–Crippen LogP) is 3.96. The Morgan fingerprint density at radius 2 is 2.33 bits per heavy atom. The van der Waals surface area contributed by atoms with E-state index in [1.165, 1.54) is 18.0 Å². The van der Waals surface area contributed by atoms with Gasteiger partial charge < -0.3 is 15.1 Å². The summed E-state index contributed by atoms with van der Waals surface area (Å²) >= 11 is 1.45. The number of aryl methyl sites for hydroxylation is 1. The number of hydrogen-bond donors (Lipinski definition) is 2. The van der Waals surface area contributed by atoms with Gasteiger partial charge in [-0.3, -0.25) is 0 Å². The second-order valence-corrected chi connectivity index (χ2v) is 7.68. The van der Waals surface area contributed by atoms with Gasteiger partial charge in [0.2, 0.25) is 0 Å². The van der Waals surface area contributed by atoms with E-state index in [9.17, 15) is 0 Å². The van der Waals surface area contributed by atoms with Crippen LogP contribution in [0.4, 0.5) is 10.8 Å². The number of piperidine rings is 1. The van der Waals surface area contributed by atoms with Crippen LogP contribution >= 0.6 is 11.5 Å². The number of anilines is 2. The third-order valence-electron chi connectivity index (χ3n) is 4.92. The summed E-state index contributed by atoms with van der Waals surface area (Å²) in [5, 5.41) is 12.5. The molecule has 5 heterocycles. The molecular formula is C19H20N6OS. The lowest BCUT2D eigenvalue weighted by atomic mass is 9.96. The highest BCUT2D eigenvalue weighted by atomic mass is 32.1. The second kappa shape index (κ2) is 6.79. The number of nitrogens with zero attached hydrogens (tertiary/aromatic N) is 4. The van der Waals surface area contributed by atoms with E-state index in [1.807, 2.05) is 29.8 Å². The zero-order valence-corrected chi connectivity index (χ0v) is 15.8. The summed E-state index contributed by atoms with van der Waals surface area (Å²) in [4.78, 5) is 4.99. The van der Waals surface area contributed by atoms with Crippen molar-refractivity contribution in [2.75, 3.05) is 18.4 Å². The first-order chi connectivity index (χ1) is 13.3. The van der Waals surface area contributed by atoms with Crippen LogP contribution in [0.25, 0.3) is 16.8 Å². The molecule has 0 radical (unpaired) electrons. The van der Waals surface area contributed by atoms with Crippen molar-refractivity contribution in [1.29, 1.82) is 0 Å². The predicted molar refractivity (Wildman–Crippen MR) is 106 cm³/mol. The summed E-state index contributed by atoms with van der Waals surface area (Å²) in [5.74, 6) is 1.30. The molecular weight excluding hydrogens is 360 g/mol. The summed E-state index contributed by atoms with van der Waals surface area (Å²) in [7, 11) is 0. The smallest absolute Gasteiger partial charge is 0.165 e. The van der Waals surface area contributed by atoms with Gasteiger partial charge in [-0.25, -0.2) is 4.98 Å². The maximum Gasteiger partial charge on any atom is 0.165 e. The molecule has 0 aromatic carbocycles. The second-order valence-electron chi connectivity index (χ2n) is 6.87. The van der Waals surface area contributed by atoms with Crippen LogP contribution in [0.2, 0.25) is 0 Å². The summed E-state index contributed by atoms with van der Waals surface area (Å²) < 4.78 is 11.5. The molecule has 1 aliphatic heterocycles. The van der Waals surface area contributed by atoms with Crippen LogP contribution in [-0.2, 0) is 0 Å². The zero-order valence-electron chi connectivity index (χ0n) is 15.0. The Labute approximate surface area is 160 Å². The maximum atomic E-state index is 5.27. The van der Waals surface area contributed by atoms with Crippen LogP contribution in [-0.4, -0.2) is 32.1 Å². The fourth-order valence-electron chi connectivity index (χ4n) is 3.55. The number of hydrogen-bond acceptors (Lipinski definition) is 7. The van der Waals surface area contributed by atoms with Crippen LogP contribution in [0.3, 0.4) is 0 Å². The molecule has 4 aromatic rings. The van der Waals surface area contributed by atoms with E-state index < -0.39 is 0 Å². The van der Waals surface area contributed by atoms with Crippen molar-refractivity contribution in [2.45, 2.75) is 25.7 Å². The Morgan fingerprint density at radius 1 is 1.37 bits per heavy atom. The van der Waals surface area contributed by atoms with E-state index in [1.54, 1.807) is 12.5 Å². The molecule has 1 saturated heterocycles. The SMILES string of the molecule is Cc1cc(Nc2cc(C3CCCNC3)nc3c(-c4ccoc4)cnn23)sn1. The number of nitrogens with one attached hydrogen (secondary N) is 2. The van der Waals surface area contributed by atoms with Crippen LogP contribution in [0, 0.1) is 6.92 Å². The fraction of sp³-hybridized carbons (Fsp3) is 0.316. The van der Waals surface area contributed by atoms with E-state index in [0.29, 0.717) is 5.92 Å². The van der Waals surface area contributed by atoms with Crippen LogP contribution < -0.4 is 10.6 Å². The highest BCUT2D eigenvalue weighted by Crippen LogP contribution is 2.31. The Bertz CT molecular complexity index is 1060. The Morgan fingerprint density at radius 3 is 3.07 bits per heavy atom. The van der Waals surface area contributed by atoms with Gasteiger partial charge in [0.1, 0.15) is 10.8 Å². The first-order valence-corrected chi connectivity index (χ1v) is 9.87. The molecule has 0 bridgehead atoms. The molecule has 1 aliphatic rings. The van der Waals surface area contributed by atoms with Crippen molar-refractivity contribution in [3.05, 3.63) is 48.3 Å². The highest BCUT2D eigenvalue weighted by Gasteiger charge is 2.21. The standard InChI is InChI=1S/C19H20N6OS/c1-12-7-18(27-24-12)23-17-8-16(13-3-2-5-20-9-13)22-19-15(10-21-25(17)19)14-4-6-26-11-14/h4,6-8,10-11,13,20,23H,2-3,5,9H2,1H3. The molecule has 138 valence electrons. The lowest BCUT2D eigenvalue weighted by molar-refractivity contribution is 0.455. The normalized spacial score (nSPS) is 17.4. The third kappa shape index (κ3) is 3.11. The van der Waals surface area contributed by atoms with Gasteiger partial charge in [0.05, 0.1) is 30.1 Å². The quantitative estimate of drug-likeness (QED) is 0.558. The van der Waals surface area contributed by atoms with Gasteiger partial charge in [-0.1, -0.05) is 0 Å². The summed E-state index contributed by atoms with van der Waals surface area (Å²) in [6.45, 7) is 4.03. The zero-order chi connectivity index (χ0) is 18.2. The van der Waals surface area contributed by atoms with Crippen molar-refractivity contribution >= 4 is 28.0 Å².